The molecule has 1 unspecified atom stereocenters. The Balaban J connectivity index is 1.49. The zero-order valence-electron chi connectivity index (χ0n) is 17.2. The Labute approximate surface area is 170 Å². The predicted octanol–water partition coefficient (Wildman–Crippen LogP) is 2.55. The highest BCUT2D eigenvalue weighted by Crippen LogP contribution is 2.44. The number of aryl methyl sites for hydroxylation is 2. The minimum absolute atomic E-state index is 0.0243. The third-order valence-electron chi connectivity index (χ3n) is 6.45. The van der Waals surface area contributed by atoms with Crippen molar-refractivity contribution in [3.8, 4) is 0 Å². The van der Waals surface area contributed by atoms with E-state index in [0.717, 1.165) is 54.8 Å². The minimum atomic E-state index is -0.0679. The molecule has 7 nitrogen and oxygen atoms in total. The van der Waals surface area contributed by atoms with Gasteiger partial charge in [0, 0.05) is 51.2 Å². The van der Waals surface area contributed by atoms with Gasteiger partial charge in [0.25, 0.3) is 5.91 Å². The molecule has 3 heterocycles. The van der Waals surface area contributed by atoms with Gasteiger partial charge in [0.05, 0.1) is 11.2 Å². The van der Waals surface area contributed by atoms with Crippen LogP contribution in [-0.4, -0.2) is 57.7 Å². The van der Waals surface area contributed by atoms with Gasteiger partial charge in [0.1, 0.15) is 0 Å². The number of carbonyl (C=O) groups excluding carboxylic acids is 1. The highest BCUT2D eigenvalue weighted by molar-refractivity contribution is 6.04. The van der Waals surface area contributed by atoms with Crippen molar-refractivity contribution < 1.29 is 4.79 Å². The molecule has 1 amide bonds. The number of benzene rings is 1. The second-order valence-electron chi connectivity index (χ2n) is 8.54. The van der Waals surface area contributed by atoms with Crippen LogP contribution in [0.4, 0.5) is 5.95 Å². The molecule has 3 aromatic rings. The van der Waals surface area contributed by atoms with E-state index < -0.39 is 0 Å². The molecule has 1 saturated heterocycles. The van der Waals surface area contributed by atoms with Gasteiger partial charge in [-0.2, -0.15) is 5.10 Å². The molecule has 29 heavy (non-hydrogen) atoms. The van der Waals surface area contributed by atoms with Crippen LogP contribution in [0.1, 0.15) is 41.0 Å². The van der Waals surface area contributed by atoms with E-state index in [9.17, 15) is 4.79 Å². The van der Waals surface area contributed by atoms with Crippen molar-refractivity contribution in [2.45, 2.75) is 31.1 Å². The standard InChI is InChI=1S/C22H26N6O/c1-26(2)21-23-13-15-9-11-22(19(15)24-21)10-6-12-28(14-22)20(29)18-16-7-4-5-8-17(16)27(3)25-18/h4-5,7-8,13H,6,9-12,14H2,1-3H3. The van der Waals surface area contributed by atoms with Crippen LogP contribution in [-0.2, 0) is 18.9 Å². The number of hydrogen-bond acceptors (Lipinski definition) is 5. The lowest BCUT2D eigenvalue weighted by atomic mass is 9.77. The van der Waals surface area contributed by atoms with E-state index >= 15 is 0 Å². The summed E-state index contributed by atoms with van der Waals surface area (Å²) in [7, 11) is 5.82. The van der Waals surface area contributed by atoms with E-state index in [1.54, 1.807) is 4.68 Å². The SMILES string of the molecule is CN(C)c1ncc2c(n1)C1(CCCN(C(=O)c3nn(C)c4ccccc34)C1)CC2. The van der Waals surface area contributed by atoms with Gasteiger partial charge in [-0.05, 0) is 37.3 Å². The molecule has 1 fully saturated rings. The maximum Gasteiger partial charge on any atom is 0.275 e. The molecule has 0 N–H and O–H groups in total. The van der Waals surface area contributed by atoms with Crippen LogP contribution in [0.25, 0.3) is 10.9 Å². The Kier molecular flexibility index (Phi) is 4.08. The largest absolute Gasteiger partial charge is 0.347 e. The fraction of sp³-hybridized carbons (Fsp3) is 0.455. The number of anilines is 1. The van der Waals surface area contributed by atoms with Crippen molar-refractivity contribution in [3.63, 3.8) is 0 Å². The van der Waals surface area contributed by atoms with Crippen molar-refractivity contribution in [1.82, 2.24) is 24.6 Å². The Hall–Kier alpha value is -2.96. The lowest BCUT2D eigenvalue weighted by Gasteiger charge is -2.40. The molecular weight excluding hydrogens is 364 g/mol. The van der Waals surface area contributed by atoms with Crippen LogP contribution in [0.2, 0.25) is 0 Å². The summed E-state index contributed by atoms with van der Waals surface area (Å²) >= 11 is 0. The normalized spacial score (nSPS) is 21.0. The molecule has 7 heteroatoms. The van der Waals surface area contributed by atoms with Gasteiger partial charge in [-0.15, -0.1) is 0 Å². The number of carbonyl (C=O) groups is 1. The first-order valence-corrected chi connectivity index (χ1v) is 10.2. The summed E-state index contributed by atoms with van der Waals surface area (Å²) in [6, 6.07) is 7.93. The van der Waals surface area contributed by atoms with Gasteiger partial charge < -0.3 is 9.80 Å². The van der Waals surface area contributed by atoms with E-state index in [4.69, 9.17) is 4.98 Å². The first-order chi connectivity index (χ1) is 14.0. The molecule has 0 radical (unpaired) electrons. The molecule has 0 bridgehead atoms. The molecule has 1 spiro atoms. The van der Waals surface area contributed by atoms with E-state index in [2.05, 4.69) is 10.1 Å². The number of hydrogen-bond donors (Lipinski definition) is 0. The lowest BCUT2D eigenvalue weighted by molar-refractivity contribution is 0.0628. The molecular formula is C22H26N6O. The number of fused-ring (bicyclic) bond motifs is 3. The van der Waals surface area contributed by atoms with Crippen molar-refractivity contribution in [3.05, 3.63) is 47.4 Å². The van der Waals surface area contributed by atoms with Gasteiger partial charge in [0.15, 0.2) is 5.69 Å². The molecule has 2 aromatic heterocycles. The van der Waals surface area contributed by atoms with Gasteiger partial charge in [-0.1, -0.05) is 18.2 Å². The fourth-order valence-corrected chi connectivity index (χ4v) is 4.97. The van der Waals surface area contributed by atoms with E-state index in [-0.39, 0.29) is 11.3 Å². The van der Waals surface area contributed by atoms with Crippen molar-refractivity contribution in [2.24, 2.45) is 7.05 Å². The van der Waals surface area contributed by atoms with Crippen LogP contribution in [0.5, 0.6) is 0 Å². The van der Waals surface area contributed by atoms with Crippen molar-refractivity contribution in [1.29, 1.82) is 0 Å². The average Bonchev–Trinajstić information content (AvgIpc) is 3.26. The molecule has 1 atom stereocenters. The van der Waals surface area contributed by atoms with E-state index in [0.29, 0.717) is 12.2 Å². The van der Waals surface area contributed by atoms with Crippen LogP contribution < -0.4 is 4.90 Å². The second-order valence-corrected chi connectivity index (χ2v) is 8.54. The summed E-state index contributed by atoms with van der Waals surface area (Å²) in [5.74, 6) is 0.764. The first-order valence-electron chi connectivity index (χ1n) is 10.2. The van der Waals surface area contributed by atoms with Crippen LogP contribution in [0.3, 0.4) is 0 Å². The number of piperidine rings is 1. The van der Waals surface area contributed by atoms with E-state index in [1.807, 2.05) is 61.4 Å². The average molecular weight is 390 g/mol. The van der Waals surface area contributed by atoms with Gasteiger partial charge in [0.2, 0.25) is 5.95 Å². The van der Waals surface area contributed by atoms with Gasteiger partial charge >= 0.3 is 0 Å². The molecule has 150 valence electrons. The molecule has 1 aromatic carbocycles. The Bertz CT molecular complexity index is 1100. The monoisotopic (exact) mass is 390 g/mol. The zero-order valence-corrected chi connectivity index (χ0v) is 17.2. The third-order valence-corrected chi connectivity index (χ3v) is 6.45. The fourth-order valence-electron chi connectivity index (χ4n) is 4.97. The number of rotatable bonds is 2. The summed E-state index contributed by atoms with van der Waals surface area (Å²) in [5.41, 5.74) is 3.83. The second kappa shape index (κ2) is 6.54. The number of para-hydroxylation sites is 1. The molecule has 1 aliphatic heterocycles. The molecule has 2 aliphatic rings. The minimum Gasteiger partial charge on any atom is -0.347 e. The number of likely N-dealkylation sites (tertiary alicyclic amines) is 1. The van der Waals surface area contributed by atoms with Crippen LogP contribution >= 0.6 is 0 Å². The third kappa shape index (κ3) is 2.79. The lowest BCUT2D eigenvalue weighted by Crippen LogP contribution is -2.48. The van der Waals surface area contributed by atoms with Crippen LogP contribution in [0, 0.1) is 0 Å². The summed E-state index contributed by atoms with van der Waals surface area (Å²) in [4.78, 5) is 26.8. The molecule has 5 rings (SSSR count). The predicted molar refractivity (Wildman–Crippen MR) is 112 cm³/mol. The Morgan fingerprint density at radius 1 is 1.21 bits per heavy atom. The Morgan fingerprint density at radius 3 is 2.86 bits per heavy atom. The highest BCUT2D eigenvalue weighted by Gasteiger charge is 2.45. The summed E-state index contributed by atoms with van der Waals surface area (Å²) < 4.78 is 1.80. The quantitative estimate of drug-likeness (QED) is 0.673. The number of nitrogens with zero attached hydrogens (tertiary/aromatic N) is 6. The summed E-state index contributed by atoms with van der Waals surface area (Å²) in [5, 5.41) is 5.47. The maximum absolute atomic E-state index is 13.5. The van der Waals surface area contributed by atoms with Gasteiger partial charge in [-0.3, -0.25) is 9.48 Å². The molecule has 0 saturated carbocycles. The summed E-state index contributed by atoms with van der Waals surface area (Å²) in [6.07, 6.45) is 6.03. The van der Waals surface area contributed by atoms with Crippen LogP contribution in [0.15, 0.2) is 30.5 Å². The topological polar surface area (TPSA) is 67.2 Å². The first kappa shape index (κ1) is 18.1. The number of amides is 1. The Morgan fingerprint density at radius 2 is 2.03 bits per heavy atom. The molecule has 1 aliphatic carbocycles. The van der Waals surface area contributed by atoms with Crippen molar-refractivity contribution >= 4 is 22.8 Å². The smallest absolute Gasteiger partial charge is 0.275 e. The van der Waals surface area contributed by atoms with E-state index in [1.165, 1.54) is 5.56 Å². The maximum atomic E-state index is 13.5. The number of aromatic nitrogens is 4. The van der Waals surface area contributed by atoms with Gasteiger partial charge in [-0.25, -0.2) is 9.97 Å². The summed E-state index contributed by atoms with van der Waals surface area (Å²) in [6.45, 7) is 1.47. The zero-order chi connectivity index (χ0) is 20.2. The highest BCUT2D eigenvalue weighted by atomic mass is 16.2. The van der Waals surface area contributed by atoms with Crippen molar-refractivity contribution in [2.75, 3.05) is 32.1 Å².